The third-order valence-electron chi connectivity index (χ3n) is 2.71. The quantitative estimate of drug-likeness (QED) is 0.740. The number of nitrogens with one attached hydrogen (secondary N) is 1. The number of benzene rings is 2. The lowest BCUT2D eigenvalue weighted by atomic mass is 10.1. The van der Waals surface area contributed by atoms with Gasteiger partial charge in [-0.3, -0.25) is 4.79 Å². The summed E-state index contributed by atoms with van der Waals surface area (Å²) in [7, 11) is 0. The number of phenols is 2. The molecule has 0 fully saturated rings. The first kappa shape index (κ1) is 13.0. The van der Waals surface area contributed by atoms with Gasteiger partial charge in [0.2, 0.25) is 5.91 Å². The zero-order valence-electron chi connectivity index (χ0n) is 10.6. The highest BCUT2D eigenvalue weighted by Gasteiger charge is 2.06. The van der Waals surface area contributed by atoms with E-state index in [1.165, 1.54) is 12.1 Å². The van der Waals surface area contributed by atoms with E-state index >= 15 is 0 Å². The molecule has 2 aromatic carbocycles. The van der Waals surface area contributed by atoms with Gasteiger partial charge < -0.3 is 15.5 Å². The number of hydrogen-bond donors (Lipinski definition) is 3. The predicted octanol–water partition coefficient (Wildman–Crippen LogP) is 2.59. The van der Waals surface area contributed by atoms with Gasteiger partial charge in [-0.15, -0.1) is 0 Å². The normalized spacial score (nSPS) is 10.2. The molecular formula is C15H15NO3. The van der Waals surface area contributed by atoms with Crippen molar-refractivity contribution in [1.82, 2.24) is 0 Å². The van der Waals surface area contributed by atoms with Crippen LogP contribution in [0.3, 0.4) is 0 Å². The Morgan fingerprint density at radius 3 is 2.58 bits per heavy atom. The molecule has 2 rings (SSSR count). The number of amides is 1. The SMILES string of the molecule is Cc1cccc(NC(=O)Cc2ccc(O)c(O)c2)c1. The first-order valence-corrected chi connectivity index (χ1v) is 5.92. The van der Waals surface area contributed by atoms with E-state index in [1.54, 1.807) is 6.07 Å². The zero-order valence-corrected chi connectivity index (χ0v) is 10.6. The summed E-state index contributed by atoms with van der Waals surface area (Å²) >= 11 is 0. The average Bonchev–Trinajstić information content (AvgIpc) is 2.34. The smallest absolute Gasteiger partial charge is 0.228 e. The van der Waals surface area contributed by atoms with Crippen molar-refractivity contribution in [1.29, 1.82) is 0 Å². The van der Waals surface area contributed by atoms with Crippen molar-refractivity contribution in [2.24, 2.45) is 0 Å². The maximum Gasteiger partial charge on any atom is 0.228 e. The molecule has 0 heterocycles. The third kappa shape index (κ3) is 3.48. The number of rotatable bonds is 3. The van der Waals surface area contributed by atoms with Crippen molar-refractivity contribution < 1.29 is 15.0 Å². The molecule has 4 nitrogen and oxygen atoms in total. The molecule has 0 aliphatic rings. The van der Waals surface area contributed by atoms with Crippen LogP contribution in [0.15, 0.2) is 42.5 Å². The third-order valence-corrected chi connectivity index (χ3v) is 2.71. The van der Waals surface area contributed by atoms with Crippen LogP contribution in [0.5, 0.6) is 11.5 Å². The molecule has 0 aliphatic carbocycles. The van der Waals surface area contributed by atoms with Crippen LogP contribution in [-0.4, -0.2) is 16.1 Å². The van der Waals surface area contributed by atoms with E-state index in [0.717, 1.165) is 11.3 Å². The second kappa shape index (κ2) is 5.44. The van der Waals surface area contributed by atoms with Crippen LogP contribution in [0.25, 0.3) is 0 Å². The molecule has 0 aliphatic heterocycles. The summed E-state index contributed by atoms with van der Waals surface area (Å²) in [6.07, 6.45) is 0.141. The molecule has 2 aromatic rings. The number of aromatic hydroxyl groups is 2. The fourth-order valence-electron chi connectivity index (χ4n) is 1.79. The largest absolute Gasteiger partial charge is 0.504 e. The first-order chi connectivity index (χ1) is 9.04. The Balaban J connectivity index is 2.03. The van der Waals surface area contributed by atoms with E-state index in [0.29, 0.717) is 5.56 Å². The van der Waals surface area contributed by atoms with Crippen LogP contribution in [-0.2, 0) is 11.2 Å². The minimum atomic E-state index is -0.221. The topological polar surface area (TPSA) is 69.6 Å². The van der Waals surface area contributed by atoms with E-state index in [9.17, 15) is 15.0 Å². The molecule has 0 saturated heterocycles. The summed E-state index contributed by atoms with van der Waals surface area (Å²) < 4.78 is 0. The van der Waals surface area contributed by atoms with Crippen molar-refractivity contribution >= 4 is 11.6 Å². The Kier molecular flexibility index (Phi) is 3.71. The number of carbonyl (C=O) groups is 1. The lowest BCUT2D eigenvalue weighted by Gasteiger charge is -2.07. The second-order valence-electron chi connectivity index (χ2n) is 4.42. The van der Waals surface area contributed by atoms with E-state index in [1.807, 2.05) is 31.2 Å². The van der Waals surface area contributed by atoms with Gasteiger partial charge in [-0.2, -0.15) is 0 Å². The molecular weight excluding hydrogens is 242 g/mol. The van der Waals surface area contributed by atoms with Crippen molar-refractivity contribution in [3.63, 3.8) is 0 Å². The lowest BCUT2D eigenvalue weighted by molar-refractivity contribution is -0.115. The van der Waals surface area contributed by atoms with E-state index in [2.05, 4.69) is 5.32 Å². The van der Waals surface area contributed by atoms with Crippen molar-refractivity contribution in [3.05, 3.63) is 53.6 Å². The van der Waals surface area contributed by atoms with Crippen LogP contribution >= 0.6 is 0 Å². The maximum atomic E-state index is 11.8. The Hall–Kier alpha value is -2.49. The number of phenolic OH excluding ortho intramolecular Hbond substituents is 2. The Labute approximate surface area is 111 Å². The average molecular weight is 257 g/mol. The van der Waals surface area contributed by atoms with Gasteiger partial charge in [-0.25, -0.2) is 0 Å². The fourth-order valence-corrected chi connectivity index (χ4v) is 1.79. The van der Waals surface area contributed by atoms with Gasteiger partial charge in [0.15, 0.2) is 11.5 Å². The summed E-state index contributed by atoms with van der Waals surface area (Å²) in [5.74, 6) is -0.584. The van der Waals surface area contributed by atoms with Crippen LogP contribution in [0.1, 0.15) is 11.1 Å². The minimum Gasteiger partial charge on any atom is -0.504 e. The molecule has 3 N–H and O–H groups in total. The second-order valence-corrected chi connectivity index (χ2v) is 4.42. The molecule has 0 atom stereocenters. The number of aryl methyl sites for hydroxylation is 1. The highest BCUT2D eigenvalue weighted by Crippen LogP contribution is 2.25. The molecule has 19 heavy (non-hydrogen) atoms. The highest BCUT2D eigenvalue weighted by molar-refractivity contribution is 5.92. The Morgan fingerprint density at radius 1 is 1.11 bits per heavy atom. The molecule has 0 aromatic heterocycles. The summed E-state index contributed by atoms with van der Waals surface area (Å²) in [5, 5.41) is 21.3. The van der Waals surface area contributed by atoms with Gasteiger partial charge in [-0.05, 0) is 42.3 Å². The minimum absolute atomic E-state index is 0.141. The summed E-state index contributed by atoms with van der Waals surface area (Å²) in [5.41, 5.74) is 2.45. The zero-order chi connectivity index (χ0) is 13.8. The van der Waals surface area contributed by atoms with Gasteiger partial charge in [0, 0.05) is 5.69 Å². The summed E-state index contributed by atoms with van der Waals surface area (Å²) in [6, 6.07) is 11.9. The lowest BCUT2D eigenvalue weighted by Crippen LogP contribution is -2.14. The summed E-state index contributed by atoms with van der Waals surface area (Å²) in [4.78, 5) is 11.8. The number of anilines is 1. The highest BCUT2D eigenvalue weighted by atomic mass is 16.3. The van der Waals surface area contributed by atoms with Gasteiger partial charge in [0.1, 0.15) is 0 Å². The molecule has 1 amide bonds. The molecule has 4 heteroatoms. The number of carbonyl (C=O) groups excluding carboxylic acids is 1. The van der Waals surface area contributed by atoms with Crippen LogP contribution in [0.2, 0.25) is 0 Å². The van der Waals surface area contributed by atoms with E-state index < -0.39 is 0 Å². The van der Waals surface area contributed by atoms with Crippen LogP contribution < -0.4 is 5.32 Å². The standard InChI is InChI=1S/C15H15NO3/c1-10-3-2-4-12(7-10)16-15(19)9-11-5-6-13(17)14(18)8-11/h2-8,17-18H,9H2,1H3,(H,16,19). The van der Waals surface area contributed by atoms with Crippen molar-refractivity contribution in [3.8, 4) is 11.5 Å². The van der Waals surface area contributed by atoms with Gasteiger partial charge in [0.05, 0.1) is 6.42 Å². The Morgan fingerprint density at radius 2 is 1.89 bits per heavy atom. The van der Waals surface area contributed by atoms with Gasteiger partial charge in [-0.1, -0.05) is 18.2 Å². The predicted molar refractivity (Wildman–Crippen MR) is 73.3 cm³/mol. The molecule has 0 radical (unpaired) electrons. The van der Waals surface area contributed by atoms with Gasteiger partial charge in [0.25, 0.3) is 0 Å². The van der Waals surface area contributed by atoms with Crippen molar-refractivity contribution in [2.75, 3.05) is 5.32 Å². The van der Waals surface area contributed by atoms with Crippen LogP contribution in [0, 0.1) is 6.92 Å². The molecule has 0 saturated carbocycles. The molecule has 0 unspecified atom stereocenters. The maximum absolute atomic E-state index is 11.8. The summed E-state index contributed by atoms with van der Waals surface area (Å²) in [6.45, 7) is 1.95. The van der Waals surface area contributed by atoms with E-state index in [-0.39, 0.29) is 23.8 Å². The monoisotopic (exact) mass is 257 g/mol. The first-order valence-electron chi connectivity index (χ1n) is 5.92. The van der Waals surface area contributed by atoms with Crippen molar-refractivity contribution in [2.45, 2.75) is 13.3 Å². The molecule has 0 bridgehead atoms. The Bertz CT molecular complexity index is 608. The molecule has 0 spiro atoms. The molecule has 98 valence electrons. The van der Waals surface area contributed by atoms with E-state index in [4.69, 9.17) is 0 Å². The van der Waals surface area contributed by atoms with Crippen LogP contribution in [0.4, 0.5) is 5.69 Å². The van der Waals surface area contributed by atoms with Gasteiger partial charge >= 0.3 is 0 Å². The fraction of sp³-hybridized carbons (Fsp3) is 0.133. The number of hydrogen-bond acceptors (Lipinski definition) is 3.